The number of carbonyl (C=O) groups is 2. The van der Waals surface area contributed by atoms with Crippen LogP contribution in [0.1, 0.15) is 30.0 Å². The first-order valence-electron chi connectivity index (χ1n) is 11.6. The number of ketones is 1. The van der Waals surface area contributed by atoms with Crippen molar-refractivity contribution < 1.29 is 33.6 Å². The van der Waals surface area contributed by atoms with Gasteiger partial charge in [-0.1, -0.05) is 12.1 Å². The van der Waals surface area contributed by atoms with E-state index in [9.17, 15) is 14.7 Å². The standard InChI is InChI=1S/C26H28N2O7/c1-32-18-7-5-6-16(12-18)23(29)21-22(17-13-19(33-2)25-20(14-17)34-15-35-25)28(26(31)24(21)30)11-10-27-8-3-4-9-27/h5-7,12-14,22,29H,3-4,8-11,15H2,1-2H3. The summed E-state index contributed by atoms with van der Waals surface area (Å²) >= 11 is 0. The number of amides is 1. The van der Waals surface area contributed by atoms with Gasteiger partial charge in [0.15, 0.2) is 11.5 Å². The van der Waals surface area contributed by atoms with Gasteiger partial charge < -0.3 is 33.9 Å². The largest absolute Gasteiger partial charge is 0.507 e. The lowest BCUT2D eigenvalue weighted by atomic mass is 9.94. The quantitative estimate of drug-likeness (QED) is 0.367. The monoisotopic (exact) mass is 480 g/mol. The summed E-state index contributed by atoms with van der Waals surface area (Å²) in [6.45, 7) is 2.98. The SMILES string of the molecule is COc1cccc(C(O)=C2C(=O)C(=O)N(CCN3CCCC3)C2c2cc(OC)c3c(c2)OCO3)c1. The predicted octanol–water partition coefficient (Wildman–Crippen LogP) is 2.95. The molecule has 1 N–H and O–H groups in total. The molecule has 1 unspecified atom stereocenters. The van der Waals surface area contributed by atoms with E-state index in [-0.39, 0.29) is 18.1 Å². The molecule has 1 atom stereocenters. The highest BCUT2D eigenvalue weighted by Gasteiger charge is 2.46. The second kappa shape index (κ2) is 9.50. The number of aliphatic hydroxyl groups excluding tert-OH is 1. The third kappa shape index (κ3) is 4.16. The molecule has 3 heterocycles. The Kier molecular flexibility index (Phi) is 6.25. The number of ether oxygens (including phenoxy) is 4. The number of nitrogens with zero attached hydrogens (tertiary/aromatic N) is 2. The van der Waals surface area contributed by atoms with E-state index in [0.29, 0.717) is 47.2 Å². The first kappa shape index (κ1) is 23.0. The van der Waals surface area contributed by atoms with Gasteiger partial charge in [-0.05, 0) is 55.8 Å². The van der Waals surface area contributed by atoms with E-state index in [4.69, 9.17) is 18.9 Å². The maximum atomic E-state index is 13.3. The zero-order valence-corrected chi connectivity index (χ0v) is 19.8. The van der Waals surface area contributed by atoms with Crippen molar-refractivity contribution >= 4 is 17.4 Å². The molecule has 2 aromatic carbocycles. The van der Waals surface area contributed by atoms with Crippen LogP contribution in [0.5, 0.6) is 23.0 Å². The number of aliphatic hydroxyl groups is 1. The van der Waals surface area contributed by atoms with Gasteiger partial charge in [0.25, 0.3) is 11.7 Å². The second-order valence-corrected chi connectivity index (χ2v) is 8.73. The molecule has 3 aliphatic heterocycles. The molecule has 0 aromatic heterocycles. The number of fused-ring (bicyclic) bond motifs is 1. The summed E-state index contributed by atoms with van der Waals surface area (Å²) in [5.41, 5.74) is 1.00. The Bertz CT molecular complexity index is 1190. The van der Waals surface area contributed by atoms with E-state index >= 15 is 0 Å². The Labute approximate surface area is 203 Å². The van der Waals surface area contributed by atoms with Crippen LogP contribution in [0.2, 0.25) is 0 Å². The number of carbonyl (C=O) groups excluding carboxylic acids is 2. The van der Waals surface area contributed by atoms with Crippen molar-refractivity contribution in [3.8, 4) is 23.0 Å². The second-order valence-electron chi connectivity index (χ2n) is 8.73. The molecule has 2 aromatic rings. The lowest BCUT2D eigenvalue weighted by Gasteiger charge is -2.27. The summed E-state index contributed by atoms with van der Waals surface area (Å²) in [7, 11) is 3.04. The fourth-order valence-corrected chi connectivity index (χ4v) is 4.95. The van der Waals surface area contributed by atoms with Crippen LogP contribution in [0, 0.1) is 0 Å². The Morgan fingerprint density at radius 2 is 1.86 bits per heavy atom. The highest BCUT2D eigenvalue weighted by Crippen LogP contribution is 2.47. The molecule has 9 nitrogen and oxygen atoms in total. The van der Waals surface area contributed by atoms with Gasteiger partial charge in [0, 0.05) is 18.7 Å². The van der Waals surface area contributed by atoms with E-state index in [2.05, 4.69) is 4.90 Å². The number of hydrogen-bond donors (Lipinski definition) is 1. The minimum Gasteiger partial charge on any atom is -0.507 e. The maximum absolute atomic E-state index is 13.3. The van der Waals surface area contributed by atoms with Crippen molar-refractivity contribution in [3.05, 3.63) is 53.1 Å². The zero-order chi connectivity index (χ0) is 24.5. The average molecular weight is 481 g/mol. The van der Waals surface area contributed by atoms with Crippen LogP contribution in [0.15, 0.2) is 42.0 Å². The van der Waals surface area contributed by atoms with Crippen molar-refractivity contribution in [3.63, 3.8) is 0 Å². The summed E-state index contributed by atoms with van der Waals surface area (Å²) in [6, 6.07) is 9.42. The lowest BCUT2D eigenvalue weighted by Crippen LogP contribution is -2.37. The van der Waals surface area contributed by atoms with E-state index in [1.54, 1.807) is 36.4 Å². The molecule has 0 radical (unpaired) electrons. The van der Waals surface area contributed by atoms with Gasteiger partial charge in [-0.2, -0.15) is 0 Å². The Hall–Kier alpha value is -3.72. The fraction of sp³-hybridized carbons (Fsp3) is 0.385. The summed E-state index contributed by atoms with van der Waals surface area (Å²) in [4.78, 5) is 30.4. The van der Waals surface area contributed by atoms with Crippen LogP contribution in [0.4, 0.5) is 0 Å². The van der Waals surface area contributed by atoms with Crippen molar-refractivity contribution in [2.45, 2.75) is 18.9 Å². The summed E-state index contributed by atoms with van der Waals surface area (Å²) in [5.74, 6) is 0.264. The molecule has 1 amide bonds. The Morgan fingerprint density at radius 1 is 1.06 bits per heavy atom. The predicted molar refractivity (Wildman–Crippen MR) is 127 cm³/mol. The molecule has 9 heteroatoms. The molecule has 5 rings (SSSR count). The number of Topliss-reactive ketones (excluding diaryl/α,β-unsaturated/α-hetero) is 1. The Morgan fingerprint density at radius 3 is 2.60 bits per heavy atom. The van der Waals surface area contributed by atoms with Gasteiger partial charge in [0.1, 0.15) is 11.5 Å². The van der Waals surface area contributed by atoms with Crippen LogP contribution in [0.25, 0.3) is 5.76 Å². The zero-order valence-electron chi connectivity index (χ0n) is 19.8. The average Bonchev–Trinajstić information content (AvgIpc) is 3.63. The topological polar surface area (TPSA) is 97.8 Å². The lowest BCUT2D eigenvalue weighted by molar-refractivity contribution is -0.140. The van der Waals surface area contributed by atoms with E-state index in [0.717, 1.165) is 25.9 Å². The van der Waals surface area contributed by atoms with Gasteiger partial charge in [-0.25, -0.2) is 0 Å². The molecule has 0 spiro atoms. The number of methoxy groups -OCH3 is 2. The fourth-order valence-electron chi connectivity index (χ4n) is 4.95. The van der Waals surface area contributed by atoms with Crippen molar-refractivity contribution in [1.29, 1.82) is 0 Å². The molecule has 3 aliphatic rings. The molecule has 0 bridgehead atoms. The third-order valence-electron chi connectivity index (χ3n) is 6.74. The first-order valence-corrected chi connectivity index (χ1v) is 11.6. The number of hydrogen-bond acceptors (Lipinski definition) is 8. The van der Waals surface area contributed by atoms with Crippen LogP contribution in [0.3, 0.4) is 0 Å². The van der Waals surface area contributed by atoms with Crippen LogP contribution in [-0.2, 0) is 9.59 Å². The van der Waals surface area contributed by atoms with Crippen LogP contribution in [-0.4, -0.2) is 73.8 Å². The minimum atomic E-state index is -0.813. The van der Waals surface area contributed by atoms with Crippen molar-refractivity contribution in [2.75, 3.05) is 47.2 Å². The maximum Gasteiger partial charge on any atom is 0.295 e. The van der Waals surface area contributed by atoms with Gasteiger partial charge in [0.05, 0.1) is 25.8 Å². The third-order valence-corrected chi connectivity index (χ3v) is 6.74. The smallest absolute Gasteiger partial charge is 0.295 e. The Balaban J connectivity index is 1.62. The minimum absolute atomic E-state index is 0.0191. The van der Waals surface area contributed by atoms with Crippen molar-refractivity contribution in [2.24, 2.45) is 0 Å². The molecule has 0 aliphatic carbocycles. The number of benzene rings is 2. The molecule has 35 heavy (non-hydrogen) atoms. The van der Waals surface area contributed by atoms with Crippen molar-refractivity contribution in [1.82, 2.24) is 9.80 Å². The number of rotatable bonds is 7. The molecule has 2 fully saturated rings. The van der Waals surface area contributed by atoms with E-state index in [1.165, 1.54) is 19.1 Å². The van der Waals surface area contributed by atoms with Crippen LogP contribution >= 0.6 is 0 Å². The van der Waals surface area contributed by atoms with Crippen LogP contribution < -0.4 is 18.9 Å². The molecule has 0 saturated carbocycles. The highest BCUT2D eigenvalue weighted by molar-refractivity contribution is 6.46. The first-order chi connectivity index (χ1) is 17.0. The molecular weight excluding hydrogens is 452 g/mol. The van der Waals surface area contributed by atoms with E-state index in [1.807, 2.05) is 0 Å². The molecule has 2 saturated heterocycles. The summed E-state index contributed by atoms with van der Waals surface area (Å²) < 4.78 is 21.9. The summed E-state index contributed by atoms with van der Waals surface area (Å²) in [5, 5.41) is 11.3. The molecule has 184 valence electrons. The van der Waals surface area contributed by atoms with Gasteiger partial charge in [-0.3, -0.25) is 9.59 Å². The molecular formula is C26H28N2O7. The van der Waals surface area contributed by atoms with E-state index < -0.39 is 17.7 Å². The van der Waals surface area contributed by atoms with Gasteiger partial charge in [-0.15, -0.1) is 0 Å². The highest BCUT2D eigenvalue weighted by atomic mass is 16.7. The van der Waals surface area contributed by atoms with Gasteiger partial charge >= 0.3 is 0 Å². The number of likely N-dealkylation sites (tertiary alicyclic amines) is 2. The normalized spacial score (nSPS) is 21.1. The summed E-state index contributed by atoms with van der Waals surface area (Å²) in [6.07, 6.45) is 2.24. The van der Waals surface area contributed by atoms with Gasteiger partial charge in [0.2, 0.25) is 12.5 Å².